The van der Waals surface area contributed by atoms with Crippen LogP contribution in [0.1, 0.15) is 29.1 Å². The number of aryl methyl sites for hydroxylation is 1. The summed E-state index contributed by atoms with van der Waals surface area (Å²) in [5, 5.41) is 4.03. The molecule has 33 heavy (non-hydrogen) atoms. The molecule has 0 amide bonds. The van der Waals surface area contributed by atoms with Gasteiger partial charge in [0.2, 0.25) is 0 Å². The smallest absolute Gasteiger partial charge is 0.174 e. The number of benzene rings is 2. The fourth-order valence-corrected chi connectivity index (χ4v) is 5.19. The van der Waals surface area contributed by atoms with Crippen LogP contribution in [0, 0.1) is 12.7 Å². The Morgan fingerprint density at radius 2 is 1.88 bits per heavy atom. The fraction of sp³-hybridized carbons (Fsp3) is 0.120. The van der Waals surface area contributed by atoms with Gasteiger partial charge in [-0.2, -0.15) is 0 Å². The van der Waals surface area contributed by atoms with E-state index in [2.05, 4.69) is 53.1 Å². The number of hydrogen-bond acceptors (Lipinski definition) is 3. The summed E-state index contributed by atoms with van der Waals surface area (Å²) in [5.41, 5.74) is 3.70. The topological polar surface area (TPSA) is 41.3 Å². The van der Waals surface area contributed by atoms with E-state index in [0.29, 0.717) is 15.3 Å². The van der Waals surface area contributed by atoms with Gasteiger partial charge in [0.25, 0.3) is 0 Å². The van der Waals surface area contributed by atoms with Crippen LogP contribution in [0.3, 0.4) is 0 Å². The number of aromatic nitrogens is 1. The molecule has 0 saturated carbocycles. The van der Waals surface area contributed by atoms with E-state index in [9.17, 15) is 4.39 Å². The van der Waals surface area contributed by atoms with Gasteiger partial charge in [-0.25, -0.2) is 4.39 Å². The van der Waals surface area contributed by atoms with Gasteiger partial charge in [0.15, 0.2) is 5.11 Å². The molecule has 0 spiro atoms. The number of anilines is 1. The number of furan rings is 1. The first-order valence-corrected chi connectivity index (χ1v) is 12.2. The molecule has 2 aromatic carbocycles. The van der Waals surface area contributed by atoms with E-state index in [1.165, 1.54) is 12.1 Å². The van der Waals surface area contributed by atoms with Gasteiger partial charge in [0, 0.05) is 26.4 Å². The molecule has 5 rings (SSSR count). The minimum atomic E-state index is -0.310. The largest absolute Gasteiger partial charge is 0.459 e. The highest BCUT2D eigenvalue weighted by Gasteiger charge is 2.42. The van der Waals surface area contributed by atoms with Crippen LogP contribution >= 0.6 is 44.1 Å². The third-order valence-corrected chi connectivity index (χ3v) is 7.49. The first-order valence-electron chi connectivity index (χ1n) is 10.2. The van der Waals surface area contributed by atoms with Gasteiger partial charge >= 0.3 is 0 Å². The summed E-state index contributed by atoms with van der Waals surface area (Å²) in [6.45, 7) is 2.04. The highest BCUT2D eigenvalue weighted by atomic mass is 79.9. The molecule has 1 aliphatic rings. The predicted octanol–water partition coefficient (Wildman–Crippen LogP) is 7.49. The van der Waals surface area contributed by atoms with Crippen LogP contribution in [0.5, 0.6) is 0 Å². The summed E-state index contributed by atoms with van der Waals surface area (Å²) in [6.07, 6.45) is 1.77. The zero-order chi connectivity index (χ0) is 23.1. The summed E-state index contributed by atoms with van der Waals surface area (Å²) < 4.78 is 21.6. The maximum absolute atomic E-state index is 13.6. The summed E-state index contributed by atoms with van der Waals surface area (Å²) in [7, 11) is 0. The first kappa shape index (κ1) is 22.3. The lowest BCUT2D eigenvalue weighted by Crippen LogP contribution is -2.29. The average molecular weight is 587 g/mol. The molecular formula is C25H18Br2FN3OS. The lowest BCUT2D eigenvalue weighted by atomic mass is 10.0. The summed E-state index contributed by atoms with van der Waals surface area (Å²) in [6, 6.07) is 19.9. The SMILES string of the molecule is Cc1cc(N2C(=S)N[C@@H](c3ccccn3)[C@H]2c2ccc(-c3ccc(F)cc3Br)o2)ccc1Br. The van der Waals surface area contributed by atoms with Gasteiger partial charge in [0.05, 0.1) is 11.7 Å². The summed E-state index contributed by atoms with van der Waals surface area (Å²) in [4.78, 5) is 6.64. The van der Waals surface area contributed by atoms with Crippen molar-refractivity contribution < 1.29 is 8.81 Å². The van der Waals surface area contributed by atoms with Crippen molar-refractivity contribution in [2.45, 2.75) is 19.0 Å². The van der Waals surface area contributed by atoms with Crippen molar-refractivity contribution in [2.75, 3.05) is 4.90 Å². The normalized spacial score (nSPS) is 17.9. The van der Waals surface area contributed by atoms with E-state index < -0.39 is 0 Å². The van der Waals surface area contributed by atoms with Crippen LogP contribution in [0.4, 0.5) is 10.1 Å². The molecular weight excluding hydrogens is 569 g/mol. The average Bonchev–Trinajstić information content (AvgIpc) is 3.41. The van der Waals surface area contributed by atoms with Crippen molar-refractivity contribution in [3.8, 4) is 11.3 Å². The number of nitrogens with zero attached hydrogens (tertiary/aromatic N) is 2. The Kier molecular flexibility index (Phi) is 6.07. The van der Waals surface area contributed by atoms with Crippen molar-refractivity contribution in [3.05, 3.63) is 105 Å². The lowest BCUT2D eigenvalue weighted by Gasteiger charge is -2.26. The predicted molar refractivity (Wildman–Crippen MR) is 139 cm³/mol. The van der Waals surface area contributed by atoms with E-state index in [1.54, 1.807) is 12.3 Å². The molecule has 3 heterocycles. The van der Waals surface area contributed by atoms with Gasteiger partial charge in [-0.3, -0.25) is 4.98 Å². The molecule has 1 fully saturated rings. The van der Waals surface area contributed by atoms with Crippen molar-refractivity contribution >= 4 is 54.9 Å². The quantitative estimate of drug-likeness (QED) is 0.251. The van der Waals surface area contributed by atoms with E-state index in [4.69, 9.17) is 16.6 Å². The Morgan fingerprint density at radius 1 is 1.03 bits per heavy atom. The highest BCUT2D eigenvalue weighted by Crippen LogP contribution is 2.44. The van der Waals surface area contributed by atoms with Crippen LogP contribution < -0.4 is 10.2 Å². The number of pyridine rings is 1. The van der Waals surface area contributed by atoms with Crippen LogP contribution in [0.15, 0.2) is 86.3 Å². The summed E-state index contributed by atoms with van der Waals surface area (Å²) >= 11 is 12.8. The van der Waals surface area contributed by atoms with E-state index in [-0.39, 0.29) is 17.9 Å². The molecule has 166 valence electrons. The number of thiocarbonyl (C=S) groups is 1. The molecule has 0 bridgehead atoms. The van der Waals surface area contributed by atoms with Crippen LogP contribution in [-0.2, 0) is 0 Å². The van der Waals surface area contributed by atoms with Crippen molar-refractivity contribution in [3.63, 3.8) is 0 Å². The third kappa shape index (κ3) is 4.23. The second-order valence-corrected chi connectivity index (χ2v) is 9.85. The van der Waals surface area contributed by atoms with Gasteiger partial charge in [0.1, 0.15) is 23.4 Å². The Labute approximate surface area is 213 Å². The molecule has 1 aliphatic heterocycles. The molecule has 0 unspecified atom stereocenters. The number of halogens is 3. The number of nitrogens with one attached hydrogen (secondary N) is 1. The highest BCUT2D eigenvalue weighted by molar-refractivity contribution is 9.10. The summed E-state index contributed by atoms with van der Waals surface area (Å²) in [5.74, 6) is 1.06. The van der Waals surface area contributed by atoms with Crippen LogP contribution in [0.2, 0.25) is 0 Å². The first-order chi connectivity index (χ1) is 15.9. The van der Waals surface area contributed by atoms with Gasteiger partial charge < -0.3 is 14.6 Å². The molecule has 0 aliphatic carbocycles. The van der Waals surface area contributed by atoms with E-state index in [1.807, 2.05) is 49.4 Å². The molecule has 1 N–H and O–H groups in total. The van der Waals surface area contributed by atoms with Gasteiger partial charge in [-0.1, -0.05) is 22.0 Å². The fourth-order valence-electron chi connectivity index (χ4n) is 4.05. The monoisotopic (exact) mass is 585 g/mol. The Bertz CT molecular complexity index is 1340. The molecule has 2 aromatic heterocycles. The standard InChI is InChI=1S/C25H18Br2FN3OS/c1-14-12-16(6-8-18(14)26)31-24(23(30-25(31)33)20-4-2-3-11-29-20)22-10-9-21(32-22)17-7-5-15(28)13-19(17)27/h2-13,23-24H,1H3,(H,30,33)/t23-,24+/m0/s1. The zero-order valence-electron chi connectivity index (χ0n) is 17.4. The second-order valence-electron chi connectivity index (χ2n) is 7.76. The Hall–Kier alpha value is -2.55. The third-order valence-electron chi connectivity index (χ3n) is 5.63. The second kappa shape index (κ2) is 9.00. The molecule has 0 radical (unpaired) electrons. The Morgan fingerprint density at radius 3 is 2.61 bits per heavy atom. The molecule has 4 nitrogen and oxygen atoms in total. The van der Waals surface area contributed by atoms with Crippen molar-refractivity contribution in [2.24, 2.45) is 0 Å². The van der Waals surface area contributed by atoms with Gasteiger partial charge in [-0.15, -0.1) is 0 Å². The Balaban J connectivity index is 1.61. The maximum atomic E-state index is 13.6. The molecule has 8 heteroatoms. The van der Waals surface area contributed by atoms with E-state index >= 15 is 0 Å². The molecule has 4 aromatic rings. The van der Waals surface area contributed by atoms with Gasteiger partial charge in [-0.05, 0) is 101 Å². The zero-order valence-corrected chi connectivity index (χ0v) is 21.4. The van der Waals surface area contributed by atoms with E-state index in [0.717, 1.165) is 32.7 Å². The molecule has 2 atom stereocenters. The lowest BCUT2D eigenvalue weighted by molar-refractivity contribution is 0.439. The number of hydrogen-bond donors (Lipinski definition) is 1. The minimum Gasteiger partial charge on any atom is -0.459 e. The number of rotatable bonds is 4. The molecule has 1 saturated heterocycles. The van der Waals surface area contributed by atoms with Crippen molar-refractivity contribution in [1.29, 1.82) is 0 Å². The maximum Gasteiger partial charge on any atom is 0.174 e. The van der Waals surface area contributed by atoms with Crippen molar-refractivity contribution in [1.82, 2.24) is 10.3 Å². The van der Waals surface area contributed by atoms with Crippen LogP contribution in [0.25, 0.3) is 11.3 Å². The van der Waals surface area contributed by atoms with Crippen LogP contribution in [-0.4, -0.2) is 10.1 Å². The minimum absolute atomic E-state index is 0.210.